The Hall–Kier alpha value is -2.01. The topological polar surface area (TPSA) is 80.8 Å². The number of Topliss-reactive ketones (excluding diaryl/α,β-unsaturated/α-hetero) is 1. The highest BCUT2D eigenvalue weighted by Crippen LogP contribution is 2.38. The van der Waals surface area contributed by atoms with E-state index < -0.39 is 43.7 Å². The lowest BCUT2D eigenvalue weighted by Gasteiger charge is -2.25. The van der Waals surface area contributed by atoms with E-state index in [1.807, 2.05) is 0 Å². The van der Waals surface area contributed by atoms with Crippen molar-refractivity contribution in [2.75, 3.05) is 13.7 Å². The summed E-state index contributed by atoms with van der Waals surface area (Å²) in [5.41, 5.74) is -1.26. The molecule has 11 heteroatoms. The van der Waals surface area contributed by atoms with Crippen LogP contribution in [0.1, 0.15) is 31.2 Å². The molecule has 0 N–H and O–H groups in total. The lowest BCUT2D eigenvalue weighted by atomic mass is 10.1. The van der Waals surface area contributed by atoms with E-state index in [1.165, 1.54) is 11.0 Å². The number of esters is 1. The molecule has 6 nitrogen and oxygen atoms in total. The van der Waals surface area contributed by atoms with Crippen molar-refractivity contribution in [3.63, 3.8) is 0 Å². The number of rotatable bonds is 6. The van der Waals surface area contributed by atoms with E-state index in [4.69, 9.17) is 17.0 Å². The van der Waals surface area contributed by atoms with Crippen molar-refractivity contribution >= 4 is 38.8 Å². The SMILES string of the molecule is COC(=O)[C@@H]1C[C@@H](S(=O)(=O)c2ccccc2C(F)(F)F)CN1C(=S)CC(=O)C1CC1. The quantitative estimate of drug-likeness (QED) is 0.474. The minimum absolute atomic E-state index is 0.0691. The van der Waals surface area contributed by atoms with Gasteiger partial charge in [0.05, 0.1) is 34.2 Å². The number of carbonyl (C=O) groups is 2. The summed E-state index contributed by atoms with van der Waals surface area (Å²) in [5, 5.41) is -1.31. The third-order valence-corrected chi connectivity index (χ3v) is 7.92. The number of ketones is 1. The molecule has 1 aliphatic carbocycles. The molecule has 0 spiro atoms. The molecule has 1 saturated carbocycles. The van der Waals surface area contributed by atoms with Crippen LogP contribution in [0.3, 0.4) is 0 Å². The molecule has 0 bridgehead atoms. The van der Waals surface area contributed by atoms with Gasteiger partial charge in [-0.3, -0.25) is 4.79 Å². The Bertz CT molecular complexity index is 973. The monoisotopic (exact) mass is 463 g/mol. The summed E-state index contributed by atoms with van der Waals surface area (Å²) in [6.07, 6.45) is -3.70. The molecular weight excluding hydrogens is 443 g/mol. The van der Waals surface area contributed by atoms with Crippen LogP contribution in [0.25, 0.3) is 0 Å². The first-order valence-corrected chi connectivity index (χ1v) is 11.2. The number of thiocarbonyl (C=S) groups is 1. The Labute approximate surface area is 177 Å². The van der Waals surface area contributed by atoms with E-state index in [0.717, 1.165) is 32.1 Å². The normalized spacial score (nSPS) is 22.1. The zero-order valence-corrected chi connectivity index (χ0v) is 17.6. The zero-order chi connectivity index (χ0) is 22.3. The van der Waals surface area contributed by atoms with Gasteiger partial charge >= 0.3 is 12.1 Å². The number of nitrogens with zero attached hydrogens (tertiary/aromatic N) is 1. The fraction of sp³-hybridized carbons (Fsp3) is 0.526. The molecule has 3 rings (SSSR count). The summed E-state index contributed by atoms with van der Waals surface area (Å²) in [6, 6.07) is 2.86. The van der Waals surface area contributed by atoms with Crippen LogP contribution in [-0.4, -0.2) is 55.0 Å². The zero-order valence-electron chi connectivity index (χ0n) is 16.0. The van der Waals surface area contributed by atoms with Gasteiger partial charge in [-0.15, -0.1) is 0 Å². The van der Waals surface area contributed by atoms with Gasteiger partial charge in [-0.25, -0.2) is 13.2 Å². The van der Waals surface area contributed by atoms with Gasteiger partial charge < -0.3 is 9.64 Å². The number of alkyl halides is 3. The number of carbonyl (C=O) groups excluding carboxylic acids is 2. The van der Waals surface area contributed by atoms with E-state index in [0.29, 0.717) is 6.07 Å². The Morgan fingerprint density at radius 3 is 2.43 bits per heavy atom. The molecule has 1 saturated heterocycles. The molecule has 0 aromatic heterocycles. The second-order valence-electron chi connectivity index (χ2n) is 7.40. The molecule has 30 heavy (non-hydrogen) atoms. The van der Waals surface area contributed by atoms with Gasteiger partial charge in [-0.1, -0.05) is 24.4 Å². The molecule has 2 aliphatic rings. The molecule has 0 unspecified atom stereocenters. The summed E-state index contributed by atoms with van der Waals surface area (Å²) in [6.45, 7) is -0.287. The highest BCUT2D eigenvalue weighted by Gasteiger charge is 2.47. The van der Waals surface area contributed by atoms with E-state index >= 15 is 0 Å². The van der Waals surface area contributed by atoms with E-state index in [2.05, 4.69) is 0 Å². The molecule has 0 amide bonds. The van der Waals surface area contributed by atoms with Gasteiger partial charge in [0.1, 0.15) is 11.8 Å². The molecular formula is C19H20F3NO5S2. The van der Waals surface area contributed by atoms with Crippen LogP contribution >= 0.6 is 12.2 Å². The van der Waals surface area contributed by atoms with Gasteiger partial charge in [0, 0.05) is 12.5 Å². The maximum atomic E-state index is 13.3. The van der Waals surface area contributed by atoms with Crippen LogP contribution in [0.4, 0.5) is 13.2 Å². The van der Waals surface area contributed by atoms with Crippen molar-refractivity contribution in [2.24, 2.45) is 5.92 Å². The lowest BCUT2D eigenvalue weighted by molar-refractivity contribution is -0.144. The van der Waals surface area contributed by atoms with E-state index in [1.54, 1.807) is 0 Å². The standard InChI is InChI=1S/C19H20F3NO5S2/c1-28-18(25)14-8-12(10-23(14)17(29)9-15(24)11-6-7-11)30(26,27)16-5-3-2-4-13(16)19(20,21)22/h2-5,11-12,14H,6-10H2,1H3/t12-,14+/m1/s1. The average Bonchev–Trinajstić information content (AvgIpc) is 3.44. The second kappa shape index (κ2) is 8.26. The van der Waals surface area contributed by atoms with Crippen molar-refractivity contribution in [1.82, 2.24) is 4.90 Å². The molecule has 0 radical (unpaired) electrons. The van der Waals surface area contributed by atoms with Crippen LogP contribution in [0.2, 0.25) is 0 Å². The predicted octanol–water partition coefficient (Wildman–Crippen LogP) is 2.79. The van der Waals surface area contributed by atoms with Crippen molar-refractivity contribution in [3.05, 3.63) is 29.8 Å². The summed E-state index contributed by atoms with van der Waals surface area (Å²) in [4.78, 5) is 24.9. The van der Waals surface area contributed by atoms with Crippen molar-refractivity contribution in [1.29, 1.82) is 0 Å². The van der Waals surface area contributed by atoms with E-state index in [-0.39, 0.29) is 36.1 Å². The number of hydrogen-bond donors (Lipinski definition) is 0. The lowest BCUT2D eigenvalue weighted by Crippen LogP contribution is -2.41. The average molecular weight is 463 g/mol. The molecule has 2 fully saturated rings. The third-order valence-electron chi connectivity index (χ3n) is 5.35. The Morgan fingerprint density at radius 1 is 1.23 bits per heavy atom. The summed E-state index contributed by atoms with van der Waals surface area (Å²) in [7, 11) is -3.32. The summed E-state index contributed by atoms with van der Waals surface area (Å²) < 4.78 is 70.9. The van der Waals surface area contributed by atoms with Crippen molar-refractivity contribution < 1.29 is 35.9 Å². The van der Waals surface area contributed by atoms with Crippen molar-refractivity contribution in [3.8, 4) is 0 Å². The first-order valence-electron chi connectivity index (χ1n) is 9.27. The van der Waals surface area contributed by atoms with Gasteiger partial charge in [0.2, 0.25) is 0 Å². The van der Waals surface area contributed by atoms with Gasteiger partial charge in [0.25, 0.3) is 0 Å². The van der Waals surface area contributed by atoms with Gasteiger partial charge in [-0.05, 0) is 31.4 Å². The first kappa shape index (κ1) is 22.7. The molecule has 1 heterocycles. The number of benzene rings is 1. The number of hydrogen-bond acceptors (Lipinski definition) is 6. The molecule has 164 valence electrons. The number of halogens is 3. The highest BCUT2D eigenvalue weighted by atomic mass is 32.2. The Kier molecular flexibility index (Phi) is 6.24. The molecule has 2 atom stereocenters. The van der Waals surface area contributed by atoms with Crippen LogP contribution in [0.5, 0.6) is 0 Å². The minimum atomic E-state index is -4.85. The summed E-state index contributed by atoms with van der Waals surface area (Å²) >= 11 is 5.28. The fourth-order valence-corrected chi connectivity index (χ4v) is 5.84. The van der Waals surface area contributed by atoms with Gasteiger partial charge in [-0.2, -0.15) is 13.2 Å². The number of sulfone groups is 1. The third kappa shape index (κ3) is 4.51. The maximum absolute atomic E-state index is 13.3. The predicted molar refractivity (Wildman–Crippen MR) is 104 cm³/mol. The maximum Gasteiger partial charge on any atom is 0.417 e. The van der Waals surface area contributed by atoms with Crippen LogP contribution in [-0.2, 0) is 30.3 Å². The largest absolute Gasteiger partial charge is 0.467 e. The molecule has 1 aromatic rings. The van der Waals surface area contributed by atoms with Crippen molar-refractivity contribution in [2.45, 2.75) is 48.0 Å². The number of likely N-dealkylation sites (tertiary alicyclic amines) is 1. The Balaban J connectivity index is 1.90. The number of methoxy groups -OCH3 is 1. The second-order valence-corrected chi connectivity index (χ2v) is 10.1. The number of ether oxygens (including phenoxy) is 1. The van der Waals surface area contributed by atoms with Crippen LogP contribution < -0.4 is 0 Å². The Morgan fingerprint density at radius 2 is 1.87 bits per heavy atom. The van der Waals surface area contributed by atoms with Crippen LogP contribution in [0, 0.1) is 5.92 Å². The van der Waals surface area contributed by atoms with E-state index in [9.17, 15) is 31.2 Å². The molecule has 1 aromatic carbocycles. The minimum Gasteiger partial charge on any atom is -0.467 e. The molecule has 1 aliphatic heterocycles. The fourth-order valence-electron chi connectivity index (χ4n) is 3.59. The highest BCUT2D eigenvalue weighted by molar-refractivity contribution is 7.92. The first-order chi connectivity index (χ1) is 14.0. The van der Waals surface area contributed by atoms with Crippen LogP contribution in [0.15, 0.2) is 29.2 Å². The van der Waals surface area contributed by atoms with Gasteiger partial charge in [0.15, 0.2) is 9.84 Å². The smallest absolute Gasteiger partial charge is 0.417 e. The summed E-state index contributed by atoms with van der Waals surface area (Å²) in [5.74, 6) is -0.907.